The molecule has 4 aromatic rings. The van der Waals surface area contributed by atoms with Crippen LogP contribution in [0.25, 0.3) is 22.6 Å². The molecule has 0 aliphatic heterocycles. The van der Waals surface area contributed by atoms with Crippen molar-refractivity contribution in [1.29, 1.82) is 0 Å². The van der Waals surface area contributed by atoms with E-state index in [-0.39, 0.29) is 5.91 Å². The fourth-order valence-electron chi connectivity index (χ4n) is 2.50. The molecule has 7 nitrogen and oxygen atoms in total. The smallest absolute Gasteiger partial charge is 0.257 e. The summed E-state index contributed by atoms with van der Waals surface area (Å²) < 4.78 is 10.5. The maximum atomic E-state index is 12.4. The normalized spacial score (nSPS) is 11.0. The average molecular weight is 334 g/mol. The molecule has 0 saturated heterocycles. The molecule has 2 aromatic carbocycles. The molecule has 0 aliphatic carbocycles. The number of amides is 1. The molecule has 25 heavy (non-hydrogen) atoms. The van der Waals surface area contributed by atoms with Gasteiger partial charge < -0.3 is 14.3 Å². The van der Waals surface area contributed by atoms with Crippen LogP contribution >= 0.6 is 0 Å². The first kappa shape index (κ1) is 15.1. The average Bonchev–Trinajstić information content (AvgIpc) is 3.19. The summed E-state index contributed by atoms with van der Waals surface area (Å²) in [6, 6.07) is 12.3. The van der Waals surface area contributed by atoms with Crippen LogP contribution in [0.5, 0.6) is 0 Å². The monoisotopic (exact) mass is 334 g/mol. The minimum Gasteiger partial charge on any atom is -0.441 e. The van der Waals surface area contributed by atoms with Crippen LogP contribution in [0.3, 0.4) is 0 Å². The van der Waals surface area contributed by atoms with Gasteiger partial charge in [0.2, 0.25) is 0 Å². The lowest BCUT2D eigenvalue weighted by molar-refractivity contribution is 0.102. The van der Waals surface area contributed by atoms with Crippen LogP contribution in [0.15, 0.2) is 51.4 Å². The van der Waals surface area contributed by atoms with E-state index in [2.05, 4.69) is 20.4 Å². The summed E-state index contributed by atoms with van der Waals surface area (Å²) >= 11 is 0. The van der Waals surface area contributed by atoms with Gasteiger partial charge in [-0.15, -0.1) is 0 Å². The van der Waals surface area contributed by atoms with Crippen molar-refractivity contribution >= 4 is 22.7 Å². The number of rotatable bonds is 3. The number of hydrogen-bond acceptors (Lipinski definition) is 6. The van der Waals surface area contributed by atoms with Crippen molar-refractivity contribution in [3.05, 3.63) is 59.7 Å². The third kappa shape index (κ3) is 2.99. The van der Waals surface area contributed by atoms with Gasteiger partial charge in [-0.2, -0.15) is 4.98 Å². The second kappa shape index (κ2) is 5.86. The van der Waals surface area contributed by atoms with E-state index in [0.29, 0.717) is 40.0 Å². The van der Waals surface area contributed by atoms with E-state index >= 15 is 0 Å². The molecule has 2 aromatic heterocycles. The van der Waals surface area contributed by atoms with Crippen LogP contribution in [-0.2, 0) is 0 Å². The van der Waals surface area contributed by atoms with Gasteiger partial charge in [0.1, 0.15) is 5.52 Å². The van der Waals surface area contributed by atoms with Gasteiger partial charge in [-0.3, -0.25) is 4.79 Å². The molecule has 0 aliphatic rings. The van der Waals surface area contributed by atoms with Gasteiger partial charge in [-0.05, 0) is 49.4 Å². The van der Waals surface area contributed by atoms with E-state index in [1.807, 2.05) is 0 Å². The zero-order chi connectivity index (χ0) is 17.4. The van der Waals surface area contributed by atoms with Gasteiger partial charge in [0.05, 0.1) is 0 Å². The van der Waals surface area contributed by atoms with Gasteiger partial charge in [0, 0.05) is 23.7 Å². The molecule has 0 spiro atoms. The predicted octanol–water partition coefficient (Wildman–Crippen LogP) is 3.75. The molecule has 0 atom stereocenters. The minimum absolute atomic E-state index is 0.215. The van der Waals surface area contributed by atoms with Gasteiger partial charge >= 0.3 is 0 Å². The number of benzene rings is 2. The Morgan fingerprint density at radius 2 is 1.84 bits per heavy atom. The van der Waals surface area contributed by atoms with Crippen molar-refractivity contribution in [3.63, 3.8) is 0 Å². The quantitative estimate of drug-likeness (QED) is 0.613. The van der Waals surface area contributed by atoms with Crippen LogP contribution in [0.4, 0.5) is 5.69 Å². The maximum Gasteiger partial charge on any atom is 0.257 e. The lowest BCUT2D eigenvalue weighted by Crippen LogP contribution is -2.11. The van der Waals surface area contributed by atoms with Crippen LogP contribution < -0.4 is 5.32 Å². The highest BCUT2D eigenvalue weighted by molar-refractivity contribution is 6.05. The molecule has 7 heteroatoms. The van der Waals surface area contributed by atoms with Crippen LogP contribution in [0.1, 0.15) is 22.1 Å². The molecule has 1 N–H and O–H groups in total. The Balaban J connectivity index is 1.53. The lowest BCUT2D eigenvalue weighted by atomic mass is 10.1. The number of aryl methyl sites for hydroxylation is 2. The summed E-state index contributed by atoms with van der Waals surface area (Å²) in [6.07, 6.45) is 0. The second-order valence-electron chi connectivity index (χ2n) is 5.59. The van der Waals surface area contributed by atoms with E-state index in [4.69, 9.17) is 8.94 Å². The molecular formula is C18H14N4O3. The molecular weight excluding hydrogens is 320 g/mol. The highest BCUT2D eigenvalue weighted by atomic mass is 16.5. The highest BCUT2D eigenvalue weighted by Crippen LogP contribution is 2.21. The number of nitrogens with zero attached hydrogens (tertiary/aromatic N) is 3. The van der Waals surface area contributed by atoms with Gasteiger partial charge in [0.15, 0.2) is 17.3 Å². The summed E-state index contributed by atoms with van der Waals surface area (Å²) in [6.45, 7) is 3.53. The summed E-state index contributed by atoms with van der Waals surface area (Å²) in [5, 5.41) is 6.60. The first-order valence-corrected chi connectivity index (χ1v) is 7.68. The minimum atomic E-state index is -0.215. The molecule has 1 amide bonds. The van der Waals surface area contributed by atoms with Crippen molar-refractivity contribution in [1.82, 2.24) is 15.1 Å². The fraction of sp³-hybridized carbons (Fsp3) is 0.111. The molecule has 0 radical (unpaired) electrons. The summed E-state index contributed by atoms with van der Waals surface area (Å²) in [7, 11) is 0. The molecule has 124 valence electrons. The first-order valence-electron chi connectivity index (χ1n) is 7.68. The first-order chi connectivity index (χ1) is 12.1. The Hall–Kier alpha value is -3.48. The van der Waals surface area contributed by atoms with Gasteiger partial charge in [-0.25, -0.2) is 4.98 Å². The van der Waals surface area contributed by atoms with Crippen molar-refractivity contribution in [3.8, 4) is 11.5 Å². The van der Waals surface area contributed by atoms with E-state index in [0.717, 1.165) is 5.56 Å². The number of carbonyl (C=O) groups excluding carboxylic acids is 1. The number of aromatic nitrogens is 3. The molecule has 4 rings (SSSR count). The molecule has 0 unspecified atom stereocenters. The standard InChI is InChI=1S/C18H14N4O3/c1-10-19-18(25-22-10)13-5-3-12(4-6-13)17(23)21-14-7-8-16-15(9-14)20-11(2)24-16/h3-9H,1-2H3,(H,21,23). The number of fused-ring (bicyclic) bond motifs is 1. The highest BCUT2D eigenvalue weighted by Gasteiger charge is 2.11. The number of carbonyl (C=O) groups is 1. The Morgan fingerprint density at radius 3 is 2.56 bits per heavy atom. The molecule has 0 fully saturated rings. The van der Waals surface area contributed by atoms with Crippen molar-refractivity contribution < 1.29 is 13.7 Å². The summed E-state index contributed by atoms with van der Waals surface area (Å²) in [4.78, 5) is 20.8. The third-order valence-electron chi connectivity index (χ3n) is 3.67. The SMILES string of the molecule is Cc1noc(-c2ccc(C(=O)Nc3ccc4oc(C)nc4c3)cc2)n1. The zero-order valence-electron chi connectivity index (χ0n) is 13.6. The van der Waals surface area contributed by atoms with Gasteiger partial charge in [-0.1, -0.05) is 5.16 Å². The van der Waals surface area contributed by atoms with Crippen molar-refractivity contribution in [2.24, 2.45) is 0 Å². The second-order valence-corrected chi connectivity index (χ2v) is 5.59. The molecule has 0 saturated carbocycles. The van der Waals surface area contributed by atoms with Crippen LogP contribution in [0.2, 0.25) is 0 Å². The topological polar surface area (TPSA) is 94.1 Å². The maximum absolute atomic E-state index is 12.4. The van der Waals surface area contributed by atoms with Crippen molar-refractivity contribution in [2.45, 2.75) is 13.8 Å². The Labute approximate surface area is 142 Å². The van der Waals surface area contributed by atoms with E-state index in [1.165, 1.54) is 0 Å². The number of oxazole rings is 1. The van der Waals surface area contributed by atoms with E-state index < -0.39 is 0 Å². The van der Waals surface area contributed by atoms with Crippen LogP contribution in [-0.4, -0.2) is 21.0 Å². The lowest BCUT2D eigenvalue weighted by Gasteiger charge is -2.05. The van der Waals surface area contributed by atoms with Crippen LogP contribution in [0, 0.1) is 13.8 Å². The Kier molecular flexibility index (Phi) is 3.53. The zero-order valence-corrected chi connectivity index (χ0v) is 13.6. The Morgan fingerprint density at radius 1 is 1.04 bits per heavy atom. The van der Waals surface area contributed by atoms with E-state index in [1.54, 1.807) is 56.3 Å². The van der Waals surface area contributed by atoms with E-state index in [9.17, 15) is 4.79 Å². The summed E-state index contributed by atoms with van der Waals surface area (Å²) in [5.41, 5.74) is 3.34. The third-order valence-corrected chi connectivity index (χ3v) is 3.67. The fourth-order valence-corrected chi connectivity index (χ4v) is 2.50. The number of anilines is 1. The number of hydrogen-bond donors (Lipinski definition) is 1. The molecule has 2 heterocycles. The predicted molar refractivity (Wildman–Crippen MR) is 91.2 cm³/mol. The number of nitrogens with one attached hydrogen (secondary N) is 1. The summed E-state index contributed by atoms with van der Waals surface area (Å²) in [5.74, 6) is 1.37. The van der Waals surface area contributed by atoms with Crippen molar-refractivity contribution in [2.75, 3.05) is 5.32 Å². The molecule has 0 bridgehead atoms. The van der Waals surface area contributed by atoms with Gasteiger partial charge in [0.25, 0.3) is 11.8 Å². The largest absolute Gasteiger partial charge is 0.441 e. The Bertz CT molecular complexity index is 1060.